The number of esters is 4. The molecule has 3 N–H and O–H groups in total. The molecule has 0 radical (unpaired) electrons. The van der Waals surface area contributed by atoms with E-state index in [1.165, 1.54) is 19.1 Å². The van der Waals surface area contributed by atoms with Gasteiger partial charge in [0.15, 0.2) is 23.6 Å². The van der Waals surface area contributed by atoms with Crippen LogP contribution >= 0.6 is 0 Å². The summed E-state index contributed by atoms with van der Waals surface area (Å²) >= 11 is 0. The van der Waals surface area contributed by atoms with Crippen molar-refractivity contribution in [3.05, 3.63) is 47.0 Å². The number of rotatable bonds is 10. The van der Waals surface area contributed by atoms with Crippen LogP contribution in [-0.4, -0.2) is 106 Å². The molecule has 1 heterocycles. The van der Waals surface area contributed by atoms with Gasteiger partial charge < -0.3 is 44.0 Å². The lowest BCUT2D eigenvalue weighted by atomic mass is 9.48. The molecule has 0 aromatic heterocycles. The van der Waals surface area contributed by atoms with Gasteiger partial charge in [0.2, 0.25) is 0 Å². The summed E-state index contributed by atoms with van der Waals surface area (Å²) < 4.78 is 35.9. The summed E-state index contributed by atoms with van der Waals surface area (Å²) in [5.41, 5.74) is -6.97. The van der Waals surface area contributed by atoms with Crippen LogP contribution in [0.25, 0.3) is 0 Å². The van der Waals surface area contributed by atoms with E-state index in [0.29, 0.717) is 6.42 Å². The van der Waals surface area contributed by atoms with Crippen molar-refractivity contribution < 1.29 is 67.4 Å². The highest BCUT2D eigenvalue weighted by atomic mass is 16.6. The number of hydrogen-bond donors (Lipinski definition) is 3. The standard InChI is InChI=1S/C43H57NO14/c1-21(2)16-27(44-38(51)58-39(6,7)8)31(47)37(50)55-28-19-43(52)35(56-36(49)25-14-12-11-13-15-25)33-41(18-26(41)17-29-42(33,20-53-29)57-24(5)46)34(48)32(54-23(4)45)30(22(28)3)40(43,9)10/h11-15,21,26-29,31-33,35,47,52H,16-20H2,1-10H3,(H,44,51)/t26-,27+,28+,29-,31-,32-,33+,35+,41-,42+,43-/m1/s1. The van der Waals surface area contributed by atoms with Crippen LogP contribution in [0, 0.1) is 28.6 Å². The van der Waals surface area contributed by atoms with Gasteiger partial charge in [-0.25, -0.2) is 14.4 Å². The van der Waals surface area contributed by atoms with Gasteiger partial charge in [0.1, 0.15) is 29.5 Å². The molecule has 1 amide bonds. The van der Waals surface area contributed by atoms with Crippen molar-refractivity contribution in [2.24, 2.45) is 28.6 Å². The molecule has 15 heteroatoms. The van der Waals surface area contributed by atoms with Gasteiger partial charge in [-0.1, -0.05) is 45.9 Å². The molecule has 1 aromatic carbocycles. The van der Waals surface area contributed by atoms with Crippen LogP contribution in [0.3, 0.4) is 0 Å². The van der Waals surface area contributed by atoms with Crippen molar-refractivity contribution in [3.8, 4) is 0 Å². The van der Waals surface area contributed by atoms with E-state index < -0.39 is 112 Å². The minimum absolute atomic E-state index is 0.0949. The predicted molar refractivity (Wildman–Crippen MR) is 204 cm³/mol. The zero-order valence-electron chi connectivity index (χ0n) is 34.9. The first-order valence-corrected chi connectivity index (χ1v) is 20.0. The molecule has 318 valence electrons. The fraction of sp³-hybridized carbons (Fsp3) is 0.674. The second-order valence-corrected chi connectivity index (χ2v) is 18.7. The van der Waals surface area contributed by atoms with Crippen LogP contribution in [0.5, 0.6) is 0 Å². The van der Waals surface area contributed by atoms with Gasteiger partial charge in [-0.2, -0.15) is 0 Å². The number of fused-ring (bicyclic) bond motifs is 4. The molecule has 1 spiro atoms. The summed E-state index contributed by atoms with van der Waals surface area (Å²) in [6.45, 7) is 15.8. The first-order valence-electron chi connectivity index (χ1n) is 20.0. The Labute approximate surface area is 338 Å². The van der Waals surface area contributed by atoms with Crippen molar-refractivity contribution in [2.45, 2.75) is 148 Å². The molecule has 1 saturated heterocycles. The normalized spacial score (nSPS) is 34.3. The Balaban J connectivity index is 1.50. The molecule has 1 aromatic rings. The first-order chi connectivity index (χ1) is 26.9. The Morgan fingerprint density at radius 2 is 1.64 bits per heavy atom. The number of carbonyl (C=O) groups excluding carboxylic acids is 6. The third-order valence-corrected chi connectivity index (χ3v) is 12.8. The number of hydrogen-bond acceptors (Lipinski definition) is 14. The average Bonchev–Trinajstić information content (AvgIpc) is 3.83. The third kappa shape index (κ3) is 7.31. The van der Waals surface area contributed by atoms with Gasteiger partial charge in [0, 0.05) is 31.1 Å². The van der Waals surface area contributed by atoms with Gasteiger partial charge in [-0.05, 0) is 82.1 Å². The van der Waals surface area contributed by atoms with E-state index in [1.54, 1.807) is 59.7 Å². The quantitative estimate of drug-likeness (QED) is 0.172. The van der Waals surface area contributed by atoms with Gasteiger partial charge in [-0.3, -0.25) is 14.4 Å². The summed E-state index contributed by atoms with van der Waals surface area (Å²) in [5.74, 6) is -5.62. The van der Waals surface area contributed by atoms with E-state index in [-0.39, 0.29) is 48.0 Å². The number of aliphatic hydroxyl groups is 2. The number of ether oxygens (including phenoxy) is 6. The van der Waals surface area contributed by atoms with Crippen LogP contribution in [0.2, 0.25) is 0 Å². The number of nitrogens with one attached hydrogen (secondary N) is 1. The molecule has 1 aliphatic heterocycles. The zero-order chi connectivity index (χ0) is 42.9. The highest BCUT2D eigenvalue weighted by Gasteiger charge is 2.84. The monoisotopic (exact) mass is 811 g/mol. The lowest BCUT2D eigenvalue weighted by Gasteiger charge is -2.64. The molecule has 4 aliphatic carbocycles. The molecule has 4 fully saturated rings. The molecule has 5 aliphatic rings. The maximum Gasteiger partial charge on any atom is 0.407 e. The molecule has 2 bridgehead atoms. The fourth-order valence-corrected chi connectivity index (χ4v) is 10.2. The summed E-state index contributed by atoms with van der Waals surface area (Å²) in [6.07, 6.45) is -7.71. The maximum absolute atomic E-state index is 15.4. The van der Waals surface area contributed by atoms with E-state index in [9.17, 15) is 34.2 Å². The van der Waals surface area contributed by atoms with Crippen LogP contribution in [0.15, 0.2) is 41.5 Å². The van der Waals surface area contributed by atoms with E-state index in [1.807, 2.05) is 13.8 Å². The second kappa shape index (κ2) is 15.0. The Kier molecular flexibility index (Phi) is 11.2. The Morgan fingerprint density at radius 1 is 0.983 bits per heavy atom. The SMILES string of the molecule is CC(=O)O[C@H]1C(=O)[C@]23C[C@H]2C[C@H]2OC[C@@]2(OC(C)=O)[C@H]3[C@H](OC(=O)c2ccccc2)[C@]2(O)C[C@H](OC(=O)[C@H](O)[C@H](CC(C)C)NC(=O)OC(C)(C)C)C(C)=C1C2(C)C. The zero-order valence-corrected chi connectivity index (χ0v) is 34.9. The Hall–Kier alpha value is -4.34. The highest BCUT2D eigenvalue weighted by Crippen LogP contribution is 2.74. The molecule has 3 saturated carbocycles. The van der Waals surface area contributed by atoms with E-state index in [4.69, 9.17) is 28.4 Å². The third-order valence-electron chi connectivity index (χ3n) is 12.8. The number of benzene rings is 1. The van der Waals surface area contributed by atoms with E-state index in [2.05, 4.69) is 5.32 Å². The molecule has 58 heavy (non-hydrogen) atoms. The topological polar surface area (TPSA) is 210 Å². The number of carbonyl (C=O) groups is 6. The summed E-state index contributed by atoms with van der Waals surface area (Å²) in [5, 5.41) is 27.7. The largest absolute Gasteiger partial charge is 0.456 e. The van der Waals surface area contributed by atoms with Crippen LogP contribution in [0.4, 0.5) is 4.79 Å². The lowest BCUT2D eigenvalue weighted by molar-refractivity contribution is -0.323. The van der Waals surface area contributed by atoms with Crippen molar-refractivity contribution in [1.82, 2.24) is 5.32 Å². The van der Waals surface area contributed by atoms with Crippen molar-refractivity contribution in [1.29, 1.82) is 0 Å². The number of Topliss-reactive ketones (excluding diaryl/α,β-unsaturated/α-hetero) is 1. The van der Waals surface area contributed by atoms with Gasteiger partial charge in [0.25, 0.3) is 0 Å². The lowest BCUT2D eigenvalue weighted by Crippen LogP contribution is -2.78. The summed E-state index contributed by atoms with van der Waals surface area (Å²) in [7, 11) is 0. The molecular weight excluding hydrogens is 754 g/mol. The molecular formula is C43H57NO14. The first kappa shape index (κ1) is 43.2. The molecule has 15 nitrogen and oxygen atoms in total. The summed E-state index contributed by atoms with van der Waals surface area (Å²) in [6, 6.07) is 6.94. The number of amides is 1. The van der Waals surface area contributed by atoms with Crippen molar-refractivity contribution in [2.75, 3.05) is 6.61 Å². The van der Waals surface area contributed by atoms with Crippen molar-refractivity contribution in [3.63, 3.8) is 0 Å². The minimum Gasteiger partial charge on any atom is -0.456 e. The van der Waals surface area contributed by atoms with Crippen LogP contribution < -0.4 is 5.32 Å². The smallest absolute Gasteiger partial charge is 0.407 e. The maximum atomic E-state index is 15.4. The van der Waals surface area contributed by atoms with Gasteiger partial charge >= 0.3 is 30.0 Å². The van der Waals surface area contributed by atoms with Crippen molar-refractivity contribution >= 4 is 35.8 Å². The van der Waals surface area contributed by atoms with E-state index >= 15 is 4.79 Å². The van der Waals surface area contributed by atoms with Gasteiger partial charge in [-0.15, -0.1) is 0 Å². The van der Waals surface area contributed by atoms with E-state index in [0.717, 1.165) is 6.92 Å². The predicted octanol–water partition coefficient (Wildman–Crippen LogP) is 4.14. The number of alkyl carbamates (subject to hydrolysis) is 1. The number of ketones is 1. The fourth-order valence-electron chi connectivity index (χ4n) is 10.2. The molecule has 11 atom stereocenters. The number of aliphatic hydroxyl groups excluding tert-OH is 1. The highest BCUT2D eigenvalue weighted by molar-refractivity contribution is 5.97. The summed E-state index contributed by atoms with van der Waals surface area (Å²) in [4.78, 5) is 82.3. The molecule has 6 rings (SSSR count). The Bertz CT molecular complexity index is 1880. The van der Waals surface area contributed by atoms with Crippen LogP contribution in [-0.2, 0) is 47.6 Å². The van der Waals surface area contributed by atoms with Gasteiger partial charge in [0.05, 0.1) is 24.1 Å². The molecule has 0 unspecified atom stereocenters. The average molecular weight is 812 g/mol. The second-order valence-electron chi connectivity index (χ2n) is 18.7. The van der Waals surface area contributed by atoms with Crippen LogP contribution in [0.1, 0.15) is 105 Å². The Morgan fingerprint density at radius 3 is 2.19 bits per heavy atom. The minimum atomic E-state index is -2.22.